The highest BCUT2D eigenvalue weighted by atomic mass is 16.3. The molecule has 2 heteroatoms. The number of rotatable bonds is 3. The van der Waals surface area contributed by atoms with E-state index in [0.717, 1.165) is 39.0 Å². The third kappa shape index (κ3) is 3.21. The van der Waals surface area contributed by atoms with Crippen LogP contribution in [0.25, 0.3) is 54.3 Å². The number of nitrogens with zero attached hydrogens (tertiary/aromatic N) is 1. The summed E-state index contributed by atoms with van der Waals surface area (Å²) in [5.41, 5.74) is 5.15. The molecule has 0 aliphatic rings. The molecule has 7 aromatic carbocycles. The second kappa shape index (κ2) is 8.22. The van der Waals surface area contributed by atoms with Crippen LogP contribution in [0, 0.1) is 0 Å². The maximum absolute atomic E-state index is 6.12. The van der Waals surface area contributed by atoms with Crippen molar-refractivity contribution in [2.24, 2.45) is 0 Å². The molecular weight excluding hydrogens is 462 g/mol. The van der Waals surface area contributed by atoms with E-state index in [1.54, 1.807) is 0 Å². The van der Waals surface area contributed by atoms with Gasteiger partial charge in [0.15, 0.2) is 0 Å². The van der Waals surface area contributed by atoms with E-state index in [9.17, 15) is 0 Å². The summed E-state index contributed by atoms with van der Waals surface area (Å²) in [7, 11) is 0. The number of fused-ring (bicyclic) bond motifs is 8. The van der Waals surface area contributed by atoms with Crippen LogP contribution >= 0.6 is 0 Å². The van der Waals surface area contributed by atoms with Gasteiger partial charge in [-0.1, -0.05) is 91.0 Å². The number of benzene rings is 7. The van der Waals surface area contributed by atoms with Crippen molar-refractivity contribution in [1.29, 1.82) is 0 Å². The SMILES string of the molecule is c1ccc(N(c2ccc3ccc4c5ccccc5ccc4c3c2)c2ccc3oc4ccccc4c3c2)cc1. The molecule has 8 rings (SSSR count). The molecule has 0 saturated carbocycles. The average molecular weight is 486 g/mol. The minimum Gasteiger partial charge on any atom is -0.456 e. The molecule has 178 valence electrons. The van der Waals surface area contributed by atoms with E-state index in [2.05, 4.69) is 132 Å². The van der Waals surface area contributed by atoms with Crippen molar-refractivity contribution in [1.82, 2.24) is 0 Å². The van der Waals surface area contributed by atoms with Gasteiger partial charge in [0.05, 0.1) is 0 Å². The van der Waals surface area contributed by atoms with E-state index in [0.29, 0.717) is 0 Å². The fourth-order valence-corrected chi connectivity index (χ4v) is 5.82. The molecular formula is C36H23NO. The van der Waals surface area contributed by atoms with Crippen LogP contribution in [0.2, 0.25) is 0 Å². The third-order valence-electron chi connectivity index (χ3n) is 7.62. The summed E-state index contributed by atoms with van der Waals surface area (Å²) in [5, 5.41) is 9.85. The maximum Gasteiger partial charge on any atom is 0.135 e. The highest BCUT2D eigenvalue weighted by molar-refractivity contribution is 6.18. The van der Waals surface area contributed by atoms with E-state index in [-0.39, 0.29) is 0 Å². The van der Waals surface area contributed by atoms with Gasteiger partial charge in [-0.15, -0.1) is 0 Å². The molecule has 0 aliphatic carbocycles. The Bertz CT molecular complexity index is 2140. The summed E-state index contributed by atoms with van der Waals surface area (Å²) in [6, 6.07) is 49.7. The second-order valence-corrected chi connectivity index (χ2v) is 9.80. The Morgan fingerprint density at radius 1 is 0.342 bits per heavy atom. The van der Waals surface area contributed by atoms with Crippen molar-refractivity contribution in [2.75, 3.05) is 4.90 Å². The lowest BCUT2D eigenvalue weighted by Gasteiger charge is -2.26. The lowest BCUT2D eigenvalue weighted by molar-refractivity contribution is 0.669. The fourth-order valence-electron chi connectivity index (χ4n) is 5.82. The molecule has 0 fully saturated rings. The standard InChI is InChI=1S/C36H23NO/c1-2-9-26(10-3-1)37(28-18-21-36-34(23-28)32-12-6-7-13-35(32)38-36)27-17-14-25-16-19-30-29-11-5-4-8-24(29)15-20-31(30)33(25)22-27/h1-23H. The van der Waals surface area contributed by atoms with Crippen molar-refractivity contribution >= 4 is 71.3 Å². The van der Waals surface area contributed by atoms with Crippen LogP contribution in [0.1, 0.15) is 0 Å². The Labute approximate surface area is 220 Å². The van der Waals surface area contributed by atoms with Gasteiger partial charge in [0.1, 0.15) is 11.2 Å². The lowest BCUT2D eigenvalue weighted by atomic mass is 9.96. The number of furan rings is 1. The topological polar surface area (TPSA) is 16.4 Å². The van der Waals surface area contributed by atoms with Gasteiger partial charge < -0.3 is 9.32 Å². The number of hydrogen-bond donors (Lipinski definition) is 0. The molecule has 0 N–H and O–H groups in total. The molecule has 8 aromatic rings. The fraction of sp³-hybridized carbons (Fsp3) is 0. The summed E-state index contributed by atoms with van der Waals surface area (Å²) >= 11 is 0. The van der Waals surface area contributed by atoms with E-state index < -0.39 is 0 Å². The van der Waals surface area contributed by atoms with E-state index in [4.69, 9.17) is 4.42 Å². The Balaban J connectivity index is 1.38. The Morgan fingerprint density at radius 3 is 1.76 bits per heavy atom. The Morgan fingerprint density at radius 2 is 0.921 bits per heavy atom. The largest absolute Gasteiger partial charge is 0.456 e. The predicted molar refractivity (Wildman–Crippen MR) is 161 cm³/mol. The van der Waals surface area contributed by atoms with Crippen molar-refractivity contribution in [3.8, 4) is 0 Å². The third-order valence-corrected chi connectivity index (χ3v) is 7.62. The van der Waals surface area contributed by atoms with Crippen LogP contribution in [0.5, 0.6) is 0 Å². The summed E-state index contributed by atoms with van der Waals surface area (Å²) in [6.07, 6.45) is 0. The van der Waals surface area contributed by atoms with Gasteiger partial charge in [0, 0.05) is 27.8 Å². The van der Waals surface area contributed by atoms with E-state index >= 15 is 0 Å². The molecule has 38 heavy (non-hydrogen) atoms. The zero-order chi connectivity index (χ0) is 25.1. The van der Waals surface area contributed by atoms with Crippen molar-refractivity contribution in [3.05, 3.63) is 140 Å². The molecule has 0 atom stereocenters. The molecule has 0 aliphatic heterocycles. The van der Waals surface area contributed by atoms with Crippen LogP contribution < -0.4 is 4.90 Å². The lowest BCUT2D eigenvalue weighted by Crippen LogP contribution is -2.09. The van der Waals surface area contributed by atoms with Gasteiger partial charge in [-0.2, -0.15) is 0 Å². The summed E-state index contributed by atoms with van der Waals surface area (Å²) in [5.74, 6) is 0. The number of para-hydroxylation sites is 2. The van der Waals surface area contributed by atoms with Crippen LogP contribution in [0.4, 0.5) is 17.1 Å². The maximum atomic E-state index is 6.12. The summed E-state index contributed by atoms with van der Waals surface area (Å²) < 4.78 is 6.12. The van der Waals surface area contributed by atoms with Crippen LogP contribution in [-0.2, 0) is 0 Å². The minimum atomic E-state index is 0.902. The van der Waals surface area contributed by atoms with Gasteiger partial charge in [-0.05, 0) is 80.8 Å². The van der Waals surface area contributed by atoms with Gasteiger partial charge in [-0.3, -0.25) is 0 Å². The quantitative estimate of drug-likeness (QED) is 0.231. The molecule has 0 spiro atoms. The van der Waals surface area contributed by atoms with Gasteiger partial charge in [-0.25, -0.2) is 0 Å². The number of anilines is 3. The molecule has 0 amide bonds. The highest BCUT2D eigenvalue weighted by Crippen LogP contribution is 2.40. The normalized spacial score (nSPS) is 11.7. The molecule has 1 aromatic heterocycles. The van der Waals surface area contributed by atoms with Gasteiger partial charge in [0.25, 0.3) is 0 Å². The molecule has 0 unspecified atom stereocenters. The van der Waals surface area contributed by atoms with Crippen molar-refractivity contribution < 1.29 is 4.42 Å². The minimum absolute atomic E-state index is 0.902. The molecule has 2 nitrogen and oxygen atoms in total. The summed E-state index contributed by atoms with van der Waals surface area (Å²) in [6.45, 7) is 0. The predicted octanol–water partition coefficient (Wildman–Crippen LogP) is 10.5. The first-order valence-electron chi connectivity index (χ1n) is 12.9. The van der Waals surface area contributed by atoms with E-state index in [1.165, 1.54) is 32.3 Å². The first kappa shape index (κ1) is 21.0. The van der Waals surface area contributed by atoms with Crippen LogP contribution in [0.15, 0.2) is 144 Å². The molecule has 0 bridgehead atoms. The van der Waals surface area contributed by atoms with Crippen molar-refractivity contribution in [2.45, 2.75) is 0 Å². The first-order chi connectivity index (χ1) is 18.8. The zero-order valence-corrected chi connectivity index (χ0v) is 20.6. The molecule has 0 radical (unpaired) electrons. The summed E-state index contributed by atoms with van der Waals surface area (Å²) in [4.78, 5) is 2.33. The zero-order valence-electron chi connectivity index (χ0n) is 20.6. The average Bonchev–Trinajstić information content (AvgIpc) is 3.36. The molecule has 1 heterocycles. The van der Waals surface area contributed by atoms with E-state index in [1.807, 2.05) is 12.1 Å². The van der Waals surface area contributed by atoms with Gasteiger partial charge in [0.2, 0.25) is 0 Å². The van der Waals surface area contributed by atoms with Crippen LogP contribution in [0.3, 0.4) is 0 Å². The Kier molecular flexibility index (Phi) is 4.55. The van der Waals surface area contributed by atoms with Crippen molar-refractivity contribution in [3.63, 3.8) is 0 Å². The number of hydrogen-bond acceptors (Lipinski definition) is 2. The highest BCUT2D eigenvalue weighted by Gasteiger charge is 2.16. The van der Waals surface area contributed by atoms with Gasteiger partial charge >= 0.3 is 0 Å². The molecule has 0 saturated heterocycles. The van der Waals surface area contributed by atoms with Crippen LogP contribution in [-0.4, -0.2) is 0 Å². The monoisotopic (exact) mass is 485 g/mol. The second-order valence-electron chi connectivity index (χ2n) is 9.80. The Hall–Kier alpha value is -5.08. The smallest absolute Gasteiger partial charge is 0.135 e. The first-order valence-corrected chi connectivity index (χ1v) is 12.9.